The van der Waals surface area contributed by atoms with Crippen molar-refractivity contribution >= 4 is 23.5 Å². The van der Waals surface area contributed by atoms with E-state index in [0.29, 0.717) is 37.5 Å². The van der Waals surface area contributed by atoms with Gasteiger partial charge in [0.25, 0.3) is 11.6 Å². The van der Waals surface area contributed by atoms with Crippen LogP contribution in [-0.4, -0.2) is 70.4 Å². The molecule has 10 heteroatoms. The largest absolute Gasteiger partial charge is 0.493 e. The van der Waals surface area contributed by atoms with Gasteiger partial charge in [-0.3, -0.25) is 19.7 Å². The van der Waals surface area contributed by atoms with Gasteiger partial charge in [-0.15, -0.1) is 0 Å². The normalized spacial score (nSPS) is 13.5. The minimum Gasteiger partial charge on any atom is -0.493 e. The number of non-ortho nitro benzene ring substituents is 1. The molecule has 2 amide bonds. The van der Waals surface area contributed by atoms with E-state index in [0.717, 1.165) is 0 Å². The quantitative estimate of drug-likeness (QED) is 0.515. The lowest BCUT2D eigenvalue weighted by Crippen LogP contribution is -2.51. The Morgan fingerprint density at radius 1 is 1.03 bits per heavy atom. The number of ether oxygens (including phenoxy) is 1. The van der Waals surface area contributed by atoms with E-state index >= 15 is 0 Å². The molecule has 0 bridgehead atoms. The Morgan fingerprint density at radius 2 is 1.66 bits per heavy atom. The molecule has 1 aliphatic heterocycles. The Labute approximate surface area is 184 Å². The molecule has 1 aliphatic rings. The van der Waals surface area contributed by atoms with Crippen LogP contribution in [0.4, 0.5) is 5.69 Å². The van der Waals surface area contributed by atoms with Crippen molar-refractivity contribution in [2.75, 3.05) is 32.8 Å². The number of aromatic carboxylic acids is 1. The van der Waals surface area contributed by atoms with Crippen molar-refractivity contribution in [3.63, 3.8) is 0 Å². The number of hydrogen-bond acceptors (Lipinski definition) is 6. The molecule has 0 spiro atoms. The number of aryl methyl sites for hydroxylation is 1. The predicted octanol–water partition coefficient (Wildman–Crippen LogP) is 2.35. The number of hydrogen-bond donors (Lipinski definition) is 1. The fourth-order valence-corrected chi connectivity index (χ4v) is 3.50. The summed E-state index contributed by atoms with van der Waals surface area (Å²) in [5.41, 5.74) is 0.672. The third kappa shape index (κ3) is 5.20. The summed E-state index contributed by atoms with van der Waals surface area (Å²) in [4.78, 5) is 50.1. The number of nitro groups is 1. The number of piperazine rings is 1. The van der Waals surface area contributed by atoms with Crippen LogP contribution in [0.5, 0.6) is 5.75 Å². The van der Waals surface area contributed by atoms with E-state index in [1.807, 2.05) is 0 Å². The van der Waals surface area contributed by atoms with E-state index in [4.69, 9.17) is 4.74 Å². The van der Waals surface area contributed by atoms with E-state index in [1.165, 1.54) is 30.3 Å². The second-order valence-corrected chi connectivity index (χ2v) is 7.33. The lowest BCUT2D eigenvalue weighted by atomic mass is 10.1. The highest BCUT2D eigenvalue weighted by Gasteiger charge is 2.27. The van der Waals surface area contributed by atoms with Gasteiger partial charge in [0.1, 0.15) is 5.75 Å². The lowest BCUT2D eigenvalue weighted by molar-refractivity contribution is -0.384. The first kappa shape index (κ1) is 22.7. The minimum absolute atomic E-state index is 0.0238. The first-order valence-corrected chi connectivity index (χ1v) is 10.0. The zero-order chi connectivity index (χ0) is 23.3. The monoisotopic (exact) mass is 441 g/mol. The van der Waals surface area contributed by atoms with Crippen molar-refractivity contribution < 1.29 is 29.2 Å². The molecule has 2 aromatic carbocycles. The Bertz CT molecular complexity index is 1050. The van der Waals surface area contributed by atoms with Gasteiger partial charge in [0, 0.05) is 38.3 Å². The van der Waals surface area contributed by atoms with Crippen LogP contribution < -0.4 is 4.74 Å². The molecule has 1 heterocycles. The molecule has 10 nitrogen and oxygen atoms in total. The van der Waals surface area contributed by atoms with Crippen molar-refractivity contribution in [2.45, 2.75) is 13.3 Å². The molecular weight excluding hydrogens is 418 g/mol. The molecule has 0 unspecified atom stereocenters. The number of carboxylic acids is 1. The highest BCUT2D eigenvalue weighted by molar-refractivity contribution is 6.04. The molecule has 0 saturated carbocycles. The highest BCUT2D eigenvalue weighted by atomic mass is 16.6. The molecule has 0 aliphatic carbocycles. The SMILES string of the molecule is Cc1cc([N+](=O)[O-])ccc1OCCC(=O)N1CCN(C(=O)c2ccccc2C(=O)O)CC1. The van der Waals surface area contributed by atoms with Crippen molar-refractivity contribution in [1.29, 1.82) is 0 Å². The van der Waals surface area contributed by atoms with Crippen molar-refractivity contribution in [2.24, 2.45) is 0 Å². The Hall–Kier alpha value is -3.95. The lowest BCUT2D eigenvalue weighted by Gasteiger charge is -2.35. The average molecular weight is 441 g/mol. The molecular formula is C22H23N3O7. The summed E-state index contributed by atoms with van der Waals surface area (Å²) >= 11 is 0. The third-order valence-corrected chi connectivity index (χ3v) is 5.25. The number of carbonyl (C=O) groups is 3. The minimum atomic E-state index is -1.16. The molecule has 32 heavy (non-hydrogen) atoms. The fraction of sp³-hybridized carbons (Fsp3) is 0.318. The van der Waals surface area contributed by atoms with Gasteiger partial charge in [-0.05, 0) is 30.7 Å². The molecule has 0 aromatic heterocycles. The van der Waals surface area contributed by atoms with E-state index in [9.17, 15) is 29.6 Å². The molecule has 1 N–H and O–H groups in total. The maximum absolute atomic E-state index is 12.7. The number of benzene rings is 2. The number of carbonyl (C=O) groups excluding carboxylic acids is 2. The maximum Gasteiger partial charge on any atom is 0.336 e. The molecule has 1 fully saturated rings. The molecule has 1 saturated heterocycles. The van der Waals surface area contributed by atoms with Crippen LogP contribution in [0.2, 0.25) is 0 Å². The number of nitrogens with zero attached hydrogens (tertiary/aromatic N) is 3. The van der Waals surface area contributed by atoms with Crippen molar-refractivity contribution in [3.05, 3.63) is 69.3 Å². The molecule has 0 atom stereocenters. The third-order valence-electron chi connectivity index (χ3n) is 5.25. The summed E-state index contributed by atoms with van der Waals surface area (Å²) in [5.74, 6) is -1.17. The molecule has 168 valence electrons. The maximum atomic E-state index is 12.7. The summed E-state index contributed by atoms with van der Waals surface area (Å²) in [6, 6.07) is 10.3. The standard InChI is InChI=1S/C22H23N3O7/c1-15-14-16(25(30)31)6-7-19(15)32-13-8-20(26)23-9-11-24(12-10-23)21(27)17-4-2-3-5-18(17)22(28)29/h2-7,14H,8-13H2,1H3,(H,28,29). The fourth-order valence-electron chi connectivity index (χ4n) is 3.50. The van der Waals surface area contributed by atoms with Crippen molar-refractivity contribution in [1.82, 2.24) is 9.80 Å². The van der Waals surface area contributed by atoms with Gasteiger partial charge in [-0.1, -0.05) is 12.1 Å². The Morgan fingerprint density at radius 3 is 2.25 bits per heavy atom. The van der Waals surface area contributed by atoms with Gasteiger partial charge in [-0.2, -0.15) is 0 Å². The summed E-state index contributed by atoms with van der Waals surface area (Å²) in [7, 11) is 0. The van der Waals surface area contributed by atoms with E-state index in [1.54, 1.807) is 28.9 Å². The van der Waals surface area contributed by atoms with Gasteiger partial charge in [0.05, 0.1) is 29.1 Å². The van der Waals surface area contributed by atoms with Gasteiger partial charge in [-0.25, -0.2) is 4.79 Å². The van der Waals surface area contributed by atoms with Crippen molar-refractivity contribution in [3.8, 4) is 5.75 Å². The summed E-state index contributed by atoms with van der Waals surface area (Å²) in [6.07, 6.45) is 0.131. The number of amides is 2. The summed E-state index contributed by atoms with van der Waals surface area (Å²) < 4.78 is 5.60. The predicted molar refractivity (Wildman–Crippen MR) is 114 cm³/mol. The number of rotatable bonds is 7. The van der Waals surface area contributed by atoms with Crippen LogP contribution in [0.25, 0.3) is 0 Å². The number of carboxylic acid groups (broad SMARTS) is 1. The second-order valence-electron chi connectivity index (χ2n) is 7.33. The van der Waals surface area contributed by atoms with Crippen LogP contribution in [0.3, 0.4) is 0 Å². The van der Waals surface area contributed by atoms with Crippen LogP contribution in [0.15, 0.2) is 42.5 Å². The summed E-state index contributed by atoms with van der Waals surface area (Å²) in [5, 5.41) is 20.1. The zero-order valence-electron chi connectivity index (χ0n) is 17.5. The van der Waals surface area contributed by atoms with Gasteiger partial charge >= 0.3 is 5.97 Å². The van der Waals surface area contributed by atoms with Crippen LogP contribution in [-0.2, 0) is 4.79 Å². The second kappa shape index (κ2) is 9.90. The van der Waals surface area contributed by atoms with Crippen LogP contribution in [0, 0.1) is 17.0 Å². The van der Waals surface area contributed by atoms with E-state index in [2.05, 4.69) is 0 Å². The van der Waals surface area contributed by atoms with Crippen LogP contribution in [0.1, 0.15) is 32.7 Å². The molecule has 3 rings (SSSR count). The van der Waals surface area contributed by atoms with Gasteiger partial charge < -0.3 is 19.6 Å². The zero-order valence-corrected chi connectivity index (χ0v) is 17.5. The summed E-state index contributed by atoms with van der Waals surface area (Å²) in [6.45, 7) is 3.12. The first-order chi connectivity index (χ1) is 15.3. The van der Waals surface area contributed by atoms with E-state index in [-0.39, 0.29) is 41.7 Å². The van der Waals surface area contributed by atoms with E-state index < -0.39 is 10.9 Å². The molecule has 2 aromatic rings. The molecule has 0 radical (unpaired) electrons. The highest BCUT2D eigenvalue weighted by Crippen LogP contribution is 2.23. The van der Waals surface area contributed by atoms with Gasteiger partial charge in [0.15, 0.2) is 0 Å². The topological polar surface area (TPSA) is 130 Å². The van der Waals surface area contributed by atoms with Gasteiger partial charge in [0.2, 0.25) is 5.91 Å². The smallest absolute Gasteiger partial charge is 0.336 e. The number of nitro benzene ring substituents is 1. The average Bonchev–Trinajstić information content (AvgIpc) is 2.79. The first-order valence-electron chi connectivity index (χ1n) is 10.0. The van der Waals surface area contributed by atoms with Crippen LogP contribution >= 0.6 is 0 Å². The Kier molecular flexibility index (Phi) is 7.04. The Balaban J connectivity index is 1.49.